The summed E-state index contributed by atoms with van der Waals surface area (Å²) in [5, 5.41) is 1.43. The standard InChI is InChI=1S/C22H26ClN3O2S2.ClH/c1-15-18(23)9-10-19-21(15)24-22(30-19)26(13-12-25(2)3)20(27)11-14-29-17-7-5-16(28-4)6-8-17;/h5-10H,11-14H2,1-4H3;1H. The topological polar surface area (TPSA) is 45.7 Å². The molecule has 1 amide bonds. The third kappa shape index (κ3) is 6.73. The molecule has 0 N–H and O–H groups in total. The average molecular weight is 501 g/mol. The Hall–Kier alpha value is -1.51. The van der Waals surface area contributed by atoms with Crippen molar-refractivity contribution in [1.29, 1.82) is 0 Å². The highest BCUT2D eigenvalue weighted by atomic mass is 35.5. The maximum absolute atomic E-state index is 13.1. The van der Waals surface area contributed by atoms with Crippen LogP contribution in [0.15, 0.2) is 41.3 Å². The molecular weight excluding hydrogens is 473 g/mol. The van der Waals surface area contributed by atoms with Crippen LogP contribution < -0.4 is 9.64 Å². The van der Waals surface area contributed by atoms with Gasteiger partial charge < -0.3 is 9.64 Å². The third-order valence-corrected chi connectivity index (χ3v) is 7.15. The second-order valence-corrected chi connectivity index (χ2v) is 9.72. The van der Waals surface area contributed by atoms with Gasteiger partial charge in [-0.25, -0.2) is 4.98 Å². The van der Waals surface area contributed by atoms with Crippen molar-refractivity contribution in [2.45, 2.75) is 18.2 Å². The van der Waals surface area contributed by atoms with Crippen molar-refractivity contribution in [3.8, 4) is 5.75 Å². The minimum Gasteiger partial charge on any atom is -0.497 e. The quantitative estimate of drug-likeness (QED) is 0.350. The van der Waals surface area contributed by atoms with Gasteiger partial charge in [-0.05, 0) is 63.0 Å². The number of hydrogen-bond acceptors (Lipinski definition) is 6. The third-order valence-electron chi connectivity index (χ3n) is 4.68. The maximum Gasteiger partial charge on any atom is 0.229 e. The Morgan fingerprint density at radius 3 is 2.52 bits per heavy atom. The molecule has 0 bridgehead atoms. The molecule has 1 aromatic heterocycles. The van der Waals surface area contributed by atoms with Crippen LogP contribution in [0, 0.1) is 6.92 Å². The lowest BCUT2D eigenvalue weighted by Gasteiger charge is -2.22. The predicted octanol–water partition coefficient (Wildman–Crippen LogP) is 5.77. The highest BCUT2D eigenvalue weighted by Crippen LogP contribution is 2.34. The maximum atomic E-state index is 13.1. The van der Waals surface area contributed by atoms with Gasteiger partial charge in [-0.1, -0.05) is 22.9 Å². The summed E-state index contributed by atoms with van der Waals surface area (Å²) in [6, 6.07) is 11.7. The summed E-state index contributed by atoms with van der Waals surface area (Å²) in [5.74, 6) is 1.62. The molecule has 2 aromatic carbocycles. The summed E-state index contributed by atoms with van der Waals surface area (Å²) < 4.78 is 6.23. The van der Waals surface area contributed by atoms with E-state index < -0.39 is 0 Å². The summed E-state index contributed by atoms with van der Waals surface area (Å²) >= 11 is 9.46. The van der Waals surface area contributed by atoms with Crippen molar-refractivity contribution in [2.75, 3.05) is 44.9 Å². The summed E-state index contributed by atoms with van der Waals surface area (Å²) in [6.07, 6.45) is 0.444. The highest BCUT2D eigenvalue weighted by molar-refractivity contribution is 7.99. The number of likely N-dealkylation sites (N-methyl/N-ethyl adjacent to an activating group) is 1. The number of carbonyl (C=O) groups excluding carboxylic acids is 1. The highest BCUT2D eigenvalue weighted by Gasteiger charge is 2.20. The van der Waals surface area contributed by atoms with Crippen LogP contribution in [0.1, 0.15) is 12.0 Å². The largest absolute Gasteiger partial charge is 0.497 e. The Morgan fingerprint density at radius 2 is 1.87 bits per heavy atom. The molecule has 9 heteroatoms. The number of methoxy groups -OCH3 is 1. The number of thioether (sulfide) groups is 1. The second-order valence-electron chi connectivity index (χ2n) is 7.14. The molecule has 0 atom stereocenters. The number of rotatable bonds is 9. The molecule has 0 unspecified atom stereocenters. The van der Waals surface area contributed by atoms with Crippen LogP contribution in [0.5, 0.6) is 5.75 Å². The molecule has 3 rings (SSSR count). The fraction of sp³-hybridized carbons (Fsp3) is 0.364. The fourth-order valence-corrected chi connectivity index (χ4v) is 4.96. The predicted molar refractivity (Wildman–Crippen MR) is 136 cm³/mol. The van der Waals surface area contributed by atoms with Gasteiger partial charge in [-0.2, -0.15) is 0 Å². The van der Waals surface area contributed by atoms with E-state index in [0.29, 0.717) is 23.7 Å². The summed E-state index contributed by atoms with van der Waals surface area (Å²) in [4.78, 5) is 22.9. The number of ether oxygens (including phenoxy) is 1. The van der Waals surface area contributed by atoms with E-state index in [1.54, 1.807) is 18.9 Å². The van der Waals surface area contributed by atoms with Crippen LogP contribution in [-0.4, -0.2) is 55.8 Å². The lowest BCUT2D eigenvalue weighted by atomic mass is 10.2. The molecule has 0 aliphatic rings. The molecule has 31 heavy (non-hydrogen) atoms. The normalized spacial score (nSPS) is 10.9. The van der Waals surface area contributed by atoms with Crippen LogP contribution in [0.25, 0.3) is 10.2 Å². The average Bonchev–Trinajstić information content (AvgIpc) is 3.16. The van der Waals surface area contributed by atoms with Crippen LogP contribution in [0.4, 0.5) is 5.13 Å². The number of nitrogens with zero attached hydrogens (tertiary/aromatic N) is 3. The van der Waals surface area contributed by atoms with Gasteiger partial charge in [0.05, 0.1) is 17.3 Å². The van der Waals surface area contributed by atoms with E-state index in [0.717, 1.165) is 38.1 Å². The van der Waals surface area contributed by atoms with E-state index in [-0.39, 0.29) is 18.3 Å². The molecule has 3 aromatic rings. The number of aryl methyl sites for hydroxylation is 1. The molecular formula is C22H27Cl2N3O2S2. The molecule has 0 aliphatic heterocycles. The molecule has 168 valence electrons. The molecule has 0 radical (unpaired) electrons. The number of aromatic nitrogens is 1. The Labute approximate surface area is 203 Å². The molecule has 0 fully saturated rings. The first-order chi connectivity index (χ1) is 14.4. The van der Waals surface area contributed by atoms with Gasteiger partial charge in [0.25, 0.3) is 0 Å². The number of benzene rings is 2. The first-order valence-corrected chi connectivity index (χ1v) is 11.8. The van der Waals surface area contributed by atoms with Gasteiger partial charge >= 0.3 is 0 Å². The molecule has 0 spiro atoms. The van der Waals surface area contributed by atoms with Gasteiger partial charge in [0.15, 0.2) is 5.13 Å². The Balaban J connectivity index is 0.00000341. The second kappa shape index (κ2) is 11.9. The van der Waals surface area contributed by atoms with E-state index in [2.05, 4.69) is 4.90 Å². The molecule has 1 heterocycles. The van der Waals surface area contributed by atoms with Gasteiger partial charge in [0, 0.05) is 35.2 Å². The van der Waals surface area contributed by atoms with Crippen molar-refractivity contribution in [1.82, 2.24) is 9.88 Å². The number of halogens is 2. The Morgan fingerprint density at radius 1 is 1.16 bits per heavy atom. The van der Waals surface area contributed by atoms with Gasteiger partial charge in [0.2, 0.25) is 5.91 Å². The first-order valence-electron chi connectivity index (χ1n) is 9.66. The zero-order chi connectivity index (χ0) is 21.7. The summed E-state index contributed by atoms with van der Waals surface area (Å²) in [5.41, 5.74) is 1.82. The van der Waals surface area contributed by atoms with E-state index in [4.69, 9.17) is 21.3 Å². The molecule has 5 nitrogen and oxygen atoms in total. The number of amides is 1. The van der Waals surface area contributed by atoms with E-state index in [1.165, 1.54) is 11.3 Å². The zero-order valence-electron chi connectivity index (χ0n) is 18.1. The van der Waals surface area contributed by atoms with Crippen molar-refractivity contribution in [3.63, 3.8) is 0 Å². The number of carbonyl (C=O) groups is 1. The minimum absolute atomic E-state index is 0. The van der Waals surface area contributed by atoms with Crippen molar-refractivity contribution >= 4 is 68.4 Å². The SMILES string of the molecule is COc1ccc(SCCC(=O)N(CCN(C)C)c2nc3c(C)c(Cl)ccc3s2)cc1.Cl. The lowest BCUT2D eigenvalue weighted by molar-refractivity contribution is -0.118. The van der Waals surface area contributed by atoms with E-state index >= 15 is 0 Å². The van der Waals surface area contributed by atoms with Crippen LogP contribution >= 0.6 is 47.1 Å². The smallest absolute Gasteiger partial charge is 0.229 e. The number of anilines is 1. The molecule has 0 saturated carbocycles. The minimum atomic E-state index is 0. The van der Waals surface area contributed by atoms with E-state index in [9.17, 15) is 4.79 Å². The van der Waals surface area contributed by atoms with Gasteiger partial charge in [0.1, 0.15) is 5.75 Å². The summed E-state index contributed by atoms with van der Waals surface area (Å²) in [6.45, 7) is 3.34. The number of thiazole rings is 1. The molecule has 0 saturated heterocycles. The van der Waals surface area contributed by atoms with Crippen molar-refractivity contribution in [2.24, 2.45) is 0 Å². The van der Waals surface area contributed by atoms with Crippen LogP contribution in [0.3, 0.4) is 0 Å². The number of fused-ring (bicyclic) bond motifs is 1. The van der Waals surface area contributed by atoms with Crippen LogP contribution in [0.2, 0.25) is 5.02 Å². The lowest BCUT2D eigenvalue weighted by Crippen LogP contribution is -2.36. The van der Waals surface area contributed by atoms with Crippen molar-refractivity contribution < 1.29 is 9.53 Å². The monoisotopic (exact) mass is 499 g/mol. The Kier molecular flexibility index (Phi) is 9.90. The first kappa shape index (κ1) is 25.7. The number of hydrogen-bond donors (Lipinski definition) is 0. The summed E-state index contributed by atoms with van der Waals surface area (Å²) in [7, 11) is 5.66. The van der Waals surface area contributed by atoms with Gasteiger partial charge in [-0.15, -0.1) is 24.2 Å². The zero-order valence-corrected chi connectivity index (χ0v) is 21.3. The fourth-order valence-electron chi connectivity index (χ4n) is 2.89. The molecule has 0 aliphatic carbocycles. The van der Waals surface area contributed by atoms with E-state index in [1.807, 2.05) is 62.3 Å². The van der Waals surface area contributed by atoms with Gasteiger partial charge in [-0.3, -0.25) is 9.69 Å². The Bertz CT molecular complexity index is 1010. The van der Waals surface area contributed by atoms with Crippen LogP contribution in [-0.2, 0) is 4.79 Å². The van der Waals surface area contributed by atoms with Crippen molar-refractivity contribution in [3.05, 3.63) is 47.0 Å².